The molecule has 0 bridgehead atoms. The summed E-state index contributed by atoms with van der Waals surface area (Å²) in [4.78, 5) is 6.86. The molecule has 1 aromatic carbocycles. The van der Waals surface area contributed by atoms with Gasteiger partial charge < -0.3 is 9.42 Å². The minimum absolute atomic E-state index is 0.535. The summed E-state index contributed by atoms with van der Waals surface area (Å²) in [5.41, 5.74) is 1.52. The molecular formula is C16H19N3O. The van der Waals surface area contributed by atoms with Crippen LogP contribution in [0.25, 0.3) is 11.5 Å². The highest BCUT2D eigenvalue weighted by Gasteiger charge is 2.41. The first-order valence-electron chi connectivity index (χ1n) is 7.49. The maximum Gasteiger partial charge on any atom is 0.266 e. The van der Waals surface area contributed by atoms with Crippen LogP contribution in [0.3, 0.4) is 0 Å². The minimum Gasteiger partial charge on any atom is -0.338 e. The average molecular weight is 269 g/mol. The summed E-state index contributed by atoms with van der Waals surface area (Å²) in [6.07, 6.45) is 6.78. The van der Waals surface area contributed by atoms with E-state index in [9.17, 15) is 0 Å². The van der Waals surface area contributed by atoms with Crippen LogP contribution in [0, 0.1) is 5.41 Å². The Bertz CT molecular complexity index is 587. The quantitative estimate of drug-likeness (QED) is 0.836. The predicted molar refractivity (Wildman–Crippen MR) is 77.5 cm³/mol. The Morgan fingerprint density at radius 2 is 1.85 bits per heavy atom. The second kappa shape index (κ2) is 4.62. The summed E-state index contributed by atoms with van der Waals surface area (Å²) in [5.74, 6) is 1.38. The molecule has 2 aromatic rings. The number of nitrogens with zero attached hydrogens (tertiary/aromatic N) is 3. The van der Waals surface area contributed by atoms with Crippen LogP contribution in [0.4, 0.5) is 5.95 Å². The van der Waals surface area contributed by atoms with E-state index in [4.69, 9.17) is 4.52 Å². The highest BCUT2D eigenvalue weighted by Crippen LogP contribution is 2.45. The van der Waals surface area contributed by atoms with Crippen molar-refractivity contribution in [2.45, 2.75) is 32.1 Å². The molecule has 4 heteroatoms. The zero-order chi connectivity index (χ0) is 13.4. The number of hydrogen-bond acceptors (Lipinski definition) is 4. The van der Waals surface area contributed by atoms with Crippen molar-refractivity contribution < 1.29 is 4.52 Å². The summed E-state index contributed by atoms with van der Waals surface area (Å²) in [6.45, 7) is 2.16. The molecule has 1 aliphatic heterocycles. The fourth-order valence-electron chi connectivity index (χ4n) is 3.68. The van der Waals surface area contributed by atoms with Gasteiger partial charge in [-0.3, -0.25) is 0 Å². The van der Waals surface area contributed by atoms with Crippen molar-refractivity contribution in [3.05, 3.63) is 30.3 Å². The van der Waals surface area contributed by atoms with E-state index in [1.54, 1.807) is 0 Å². The van der Waals surface area contributed by atoms with Crippen LogP contribution in [0.5, 0.6) is 0 Å². The van der Waals surface area contributed by atoms with Crippen molar-refractivity contribution in [1.29, 1.82) is 0 Å². The topological polar surface area (TPSA) is 42.2 Å². The van der Waals surface area contributed by atoms with Gasteiger partial charge in [0.1, 0.15) is 0 Å². The van der Waals surface area contributed by atoms with Crippen LogP contribution in [-0.4, -0.2) is 23.2 Å². The molecule has 0 atom stereocenters. The Hall–Kier alpha value is -1.84. The Morgan fingerprint density at radius 1 is 1.05 bits per heavy atom. The third-order valence-electron chi connectivity index (χ3n) is 4.82. The van der Waals surface area contributed by atoms with Crippen LogP contribution in [-0.2, 0) is 0 Å². The van der Waals surface area contributed by atoms with Gasteiger partial charge in [-0.15, -0.1) is 0 Å². The van der Waals surface area contributed by atoms with Crippen LogP contribution in [0.15, 0.2) is 34.9 Å². The van der Waals surface area contributed by atoms with E-state index < -0.39 is 0 Å². The third-order valence-corrected chi connectivity index (χ3v) is 4.82. The van der Waals surface area contributed by atoms with Gasteiger partial charge in [-0.05, 0) is 42.0 Å². The van der Waals surface area contributed by atoms with Crippen molar-refractivity contribution >= 4 is 5.95 Å². The van der Waals surface area contributed by atoms with Gasteiger partial charge in [0.2, 0.25) is 0 Å². The molecule has 1 aliphatic carbocycles. The molecule has 2 aliphatic rings. The summed E-state index contributed by atoms with van der Waals surface area (Å²) in [6, 6.07) is 9.97. The molecule has 20 heavy (non-hydrogen) atoms. The molecule has 0 unspecified atom stereocenters. The van der Waals surface area contributed by atoms with E-state index in [2.05, 4.69) is 15.0 Å². The molecule has 0 amide bonds. The summed E-state index contributed by atoms with van der Waals surface area (Å²) in [7, 11) is 0. The van der Waals surface area contributed by atoms with E-state index >= 15 is 0 Å². The smallest absolute Gasteiger partial charge is 0.266 e. The maximum atomic E-state index is 5.41. The number of rotatable bonds is 2. The van der Waals surface area contributed by atoms with Gasteiger partial charge in [-0.2, -0.15) is 4.98 Å². The van der Waals surface area contributed by atoms with E-state index in [1.807, 2.05) is 30.3 Å². The van der Waals surface area contributed by atoms with Gasteiger partial charge >= 0.3 is 0 Å². The monoisotopic (exact) mass is 269 g/mol. The lowest BCUT2D eigenvalue weighted by Crippen LogP contribution is -2.25. The van der Waals surface area contributed by atoms with E-state index in [1.165, 1.54) is 32.1 Å². The Morgan fingerprint density at radius 3 is 2.65 bits per heavy atom. The van der Waals surface area contributed by atoms with Crippen molar-refractivity contribution in [3.63, 3.8) is 0 Å². The van der Waals surface area contributed by atoms with Gasteiger partial charge in [0, 0.05) is 18.7 Å². The molecule has 2 fully saturated rings. The lowest BCUT2D eigenvalue weighted by Gasteiger charge is -2.22. The minimum atomic E-state index is 0.535. The lowest BCUT2D eigenvalue weighted by molar-refractivity contribution is 0.340. The largest absolute Gasteiger partial charge is 0.338 e. The first-order chi connectivity index (χ1) is 9.85. The highest BCUT2D eigenvalue weighted by atomic mass is 16.5. The summed E-state index contributed by atoms with van der Waals surface area (Å²) >= 11 is 0. The lowest BCUT2D eigenvalue weighted by atomic mass is 9.86. The Balaban J connectivity index is 1.54. The average Bonchev–Trinajstić information content (AvgIpc) is 3.22. The molecule has 1 aromatic heterocycles. The number of hydrogen-bond donors (Lipinski definition) is 0. The van der Waals surface area contributed by atoms with Crippen molar-refractivity contribution in [3.8, 4) is 11.5 Å². The number of benzene rings is 1. The summed E-state index contributed by atoms with van der Waals surface area (Å²) in [5, 5.41) is 4.17. The number of aromatic nitrogens is 2. The molecule has 2 heterocycles. The third kappa shape index (κ3) is 1.99. The van der Waals surface area contributed by atoms with Crippen molar-refractivity contribution in [2.75, 3.05) is 18.0 Å². The zero-order valence-electron chi connectivity index (χ0n) is 11.6. The van der Waals surface area contributed by atoms with E-state index in [0.717, 1.165) is 24.6 Å². The van der Waals surface area contributed by atoms with E-state index in [0.29, 0.717) is 11.3 Å². The molecule has 1 saturated heterocycles. The molecule has 104 valence electrons. The maximum absolute atomic E-state index is 5.41. The normalized spacial score (nSPS) is 20.9. The molecule has 4 nitrogen and oxygen atoms in total. The van der Waals surface area contributed by atoms with Gasteiger partial charge in [-0.1, -0.05) is 31.0 Å². The van der Waals surface area contributed by atoms with E-state index in [-0.39, 0.29) is 0 Å². The molecule has 0 radical (unpaired) electrons. The van der Waals surface area contributed by atoms with Gasteiger partial charge in [0.15, 0.2) is 0 Å². The second-order valence-corrected chi connectivity index (χ2v) is 6.14. The Kier molecular flexibility index (Phi) is 2.76. The summed E-state index contributed by atoms with van der Waals surface area (Å²) < 4.78 is 5.41. The van der Waals surface area contributed by atoms with Crippen molar-refractivity contribution in [2.24, 2.45) is 5.41 Å². The molecule has 1 saturated carbocycles. The SMILES string of the molecule is c1ccc(-c2nc(N3CCC4(CCCC4)C3)no2)cc1. The standard InChI is InChI=1S/C16H19N3O/c1-2-6-13(7-3-1)14-17-15(18-20-14)19-11-10-16(12-19)8-4-5-9-16/h1-3,6-7H,4-5,8-12H2. The molecule has 4 rings (SSSR count). The molecule has 1 spiro atoms. The fraction of sp³-hybridized carbons (Fsp3) is 0.500. The van der Waals surface area contributed by atoms with Crippen molar-refractivity contribution in [1.82, 2.24) is 10.1 Å². The van der Waals surface area contributed by atoms with Crippen LogP contribution in [0.1, 0.15) is 32.1 Å². The van der Waals surface area contributed by atoms with Crippen LogP contribution < -0.4 is 4.90 Å². The van der Waals surface area contributed by atoms with Crippen LogP contribution >= 0.6 is 0 Å². The molecule has 0 N–H and O–H groups in total. The van der Waals surface area contributed by atoms with Gasteiger partial charge in [-0.25, -0.2) is 0 Å². The van der Waals surface area contributed by atoms with Gasteiger partial charge in [0.25, 0.3) is 11.8 Å². The highest BCUT2D eigenvalue weighted by molar-refractivity contribution is 5.54. The zero-order valence-corrected chi connectivity index (χ0v) is 11.6. The predicted octanol–water partition coefficient (Wildman–Crippen LogP) is 3.51. The first-order valence-corrected chi connectivity index (χ1v) is 7.49. The number of anilines is 1. The molecular weight excluding hydrogens is 250 g/mol. The second-order valence-electron chi connectivity index (χ2n) is 6.14. The van der Waals surface area contributed by atoms with Crippen LogP contribution in [0.2, 0.25) is 0 Å². The Labute approximate surface area is 118 Å². The first kappa shape index (κ1) is 11.9. The fourth-order valence-corrected chi connectivity index (χ4v) is 3.68. The van der Waals surface area contributed by atoms with Gasteiger partial charge in [0.05, 0.1) is 0 Å².